The number of benzene rings is 2. The molecule has 4 heteroatoms. The Bertz CT molecular complexity index is 773. The molecule has 150 valence electrons. The average Bonchev–Trinajstić information content (AvgIpc) is 2.68. The minimum absolute atomic E-state index is 0.0272. The van der Waals surface area contributed by atoms with Gasteiger partial charge in [0.15, 0.2) is 0 Å². The van der Waals surface area contributed by atoms with Gasteiger partial charge in [0.25, 0.3) is 0 Å². The van der Waals surface area contributed by atoms with Crippen molar-refractivity contribution in [3.05, 3.63) is 71.3 Å². The maximum Gasteiger partial charge on any atom is 0.243 e. The smallest absolute Gasteiger partial charge is 0.243 e. The Kier molecular flexibility index (Phi) is 8.24. The zero-order valence-electron chi connectivity index (χ0n) is 17.4. The van der Waals surface area contributed by atoms with Crippen molar-refractivity contribution in [1.29, 1.82) is 0 Å². The number of aryl methyl sites for hydroxylation is 1. The van der Waals surface area contributed by atoms with Gasteiger partial charge in [-0.05, 0) is 37.8 Å². The van der Waals surface area contributed by atoms with Gasteiger partial charge < -0.3 is 10.2 Å². The van der Waals surface area contributed by atoms with Gasteiger partial charge in [0.05, 0.1) is 6.42 Å². The van der Waals surface area contributed by atoms with Crippen molar-refractivity contribution in [2.45, 2.75) is 65.6 Å². The number of hydrogen-bond acceptors (Lipinski definition) is 2. The Morgan fingerprint density at radius 1 is 0.964 bits per heavy atom. The number of nitrogens with zero attached hydrogens (tertiary/aromatic N) is 1. The van der Waals surface area contributed by atoms with Gasteiger partial charge in [-0.25, -0.2) is 0 Å². The van der Waals surface area contributed by atoms with Crippen LogP contribution in [-0.4, -0.2) is 28.8 Å². The predicted octanol–water partition coefficient (Wildman–Crippen LogP) is 4.26. The van der Waals surface area contributed by atoms with E-state index in [9.17, 15) is 9.59 Å². The van der Waals surface area contributed by atoms with Crippen LogP contribution < -0.4 is 5.32 Å². The fourth-order valence-electron chi connectivity index (χ4n) is 3.24. The molecule has 0 heterocycles. The first-order valence-electron chi connectivity index (χ1n) is 10.1. The first kappa shape index (κ1) is 21.7. The maximum atomic E-state index is 13.2. The van der Waals surface area contributed by atoms with Crippen LogP contribution in [0.1, 0.15) is 50.3 Å². The Hall–Kier alpha value is -2.62. The third-order valence-corrected chi connectivity index (χ3v) is 5.02. The van der Waals surface area contributed by atoms with Crippen LogP contribution in [0.15, 0.2) is 54.6 Å². The zero-order valence-corrected chi connectivity index (χ0v) is 17.4. The van der Waals surface area contributed by atoms with Crippen molar-refractivity contribution in [3.8, 4) is 0 Å². The van der Waals surface area contributed by atoms with Gasteiger partial charge in [0.1, 0.15) is 6.04 Å². The molecule has 2 aromatic carbocycles. The molecule has 0 aliphatic carbocycles. The van der Waals surface area contributed by atoms with Crippen LogP contribution in [-0.2, 0) is 22.6 Å². The van der Waals surface area contributed by atoms with Crippen molar-refractivity contribution >= 4 is 11.8 Å². The molecule has 0 aliphatic heterocycles. The van der Waals surface area contributed by atoms with Crippen LogP contribution in [0.2, 0.25) is 0 Å². The van der Waals surface area contributed by atoms with Gasteiger partial charge in [0, 0.05) is 12.6 Å². The molecule has 0 saturated carbocycles. The van der Waals surface area contributed by atoms with E-state index >= 15 is 0 Å². The van der Waals surface area contributed by atoms with Crippen molar-refractivity contribution in [3.63, 3.8) is 0 Å². The monoisotopic (exact) mass is 380 g/mol. The van der Waals surface area contributed by atoms with Crippen LogP contribution in [0.4, 0.5) is 0 Å². The number of carbonyl (C=O) groups excluding carboxylic acids is 2. The van der Waals surface area contributed by atoms with Crippen molar-refractivity contribution < 1.29 is 9.59 Å². The quantitative estimate of drug-likeness (QED) is 0.707. The second kappa shape index (κ2) is 10.6. The molecule has 0 unspecified atom stereocenters. The van der Waals surface area contributed by atoms with E-state index in [-0.39, 0.29) is 17.9 Å². The Balaban J connectivity index is 2.26. The Labute approximate surface area is 169 Å². The lowest BCUT2D eigenvalue weighted by Crippen LogP contribution is -2.51. The number of hydrogen-bond donors (Lipinski definition) is 1. The summed E-state index contributed by atoms with van der Waals surface area (Å²) in [6.07, 6.45) is 1.73. The van der Waals surface area contributed by atoms with Crippen molar-refractivity contribution in [2.24, 2.45) is 0 Å². The molecule has 1 N–H and O–H groups in total. The molecular weight excluding hydrogens is 348 g/mol. The number of amides is 2. The Morgan fingerprint density at radius 3 is 2.25 bits per heavy atom. The van der Waals surface area contributed by atoms with E-state index in [2.05, 4.69) is 5.32 Å². The van der Waals surface area contributed by atoms with E-state index in [1.54, 1.807) is 4.90 Å². The third kappa shape index (κ3) is 6.22. The van der Waals surface area contributed by atoms with Crippen LogP contribution in [0.25, 0.3) is 0 Å². The molecule has 2 amide bonds. The minimum atomic E-state index is -0.480. The fraction of sp³-hybridized carbons (Fsp3) is 0.417. The number of carbonyl (C=O) groups is 2. The summed E-state index contributed by atoms with van der Waals surface area (Å²) in [4.78, 5) is 27.8. The average molecular weight is 381 g/mol. The van der Waals surface area contributed by atoms with Crippen LogP contribution in [0.3, 0.4) is 0 Å². The van der Waals surface area contributed by atoms with Crippen molar-refractivity contribution in [2.75, 3.05) is 0 Å². The van der Waals surface area contributed by atoms with Gasteiger partial charge in [-0.3, -0.25) is 9.59 Å². The van der Waals surface area contributed by atoms with E-state index in [0.717, 1.165) is 23.1 Å². The van der Waals surface area contributed by atoms with Gasteiger partial charge in [0.2, 0.25) is 11.8 Å². The highest BCUT2D eigenvalue weighted by molar-refractivity contribution is 5.88. The van der Waals surface area contributed by atoms with Crippen LogP contribution in [0.5, 0.6) is 0 Å². The van der Waals surface area contributed by atoms with E-state index < -0.39 is 6.04 Å². The van der Waals surface area contributed by atoms with Crippen LogP contribution in [0, 0.1) is 6.92 Å². The SMILES string of the molecule is CC[C@@H](C)NC(=O)[C@@H](CC)N(Cc1ccccc1)C(=O)Cc1cccc(C)c1. The van der Waals surface area contributed by atoms with E-state index in [0.29, 0.717) is 19.4 Å². The van der Waals surface area contributed by atoms with E-state index in [1.807, 2.05) is 82.3 Å². The first-order valence-corrected chi connectivity index (χ1v) is 10.1. The van der Waals surface area contributed by atoms with E-state index in [1.165, 1.54) is 0 Å². The molecular formula is C24H32N2O2. The zero-order chi connectivity index (χ0) is 20.5. The summed E-state index contributed by atoms with van der Waals surface area (Å²) < 4.78 is 0. The summed E-state index contributed by atoms with van der Waals surface area (Å²) in [5.74, 6) is -0.106. The molecule has 0 aliphatic rings. The standard InChI is InChI=1S/C24H32N2O2/c1-5-19(4)25-24(28)22(6-2)26(17-20-12-8-7-9-13-20)23(27)16-21-14-10-11-18(3)15-21/h7-15,19,22H,5-6,16-17H2,1-4H3,(H,25,28)/t19-,22-/m1/s1. The number of rotatable bonds is 9. The molecule has 28 heavy (non-hydrogen) atoms. The topological polar surface area (TPSA) is 49.4 Å². The summed E-state index contributed by atoms with van der Waals surface area (Å²) in [6, 6.07) is 17.4. The lowest BCUT2D eigenvalue weighted by Gasteiger charge is -2.31. The summed E-state index contributed by atoms with van der Waals surface area (Å²) >= 11 is 0. The molecule has 0 spiro atoms. The second-order valence-corrected chi connectivity index (χ2v) is 7.41. The lowest BCUT2D eigenvalue weighted by molar-refractivity contribution is -0.141. The minimum Gasteiger partial charge on any atom is -0.352 e. The van der Waals surface area contributed by atoms with Gasteiger partial charge in [-0.2, -0.15) is 0 Å². The normalized spacial score (nSPS) is 12.9. The molecule has 0 saturated heterocycles. The summed E-state index contributed by atoms with van der Waals surface area (Å²) in [6.45, 7) is 8.43. The first-order chi connectivity index (χ1) is 13.4. The Morgan fingerprint density at radius 2 is 1.64 bits per heavy atom. The highest BCUT2D eigenvalue weighted by atomic mass is 16.2. The van der Waals surface area contributed by atoms with Gasteiger partial charge in [-0.15, -0.1) is 0 Å². The lowest BCUT2D eigenvalue weighted by atomic mass is 10.0. The maximum absolute atomic E-state index is 13.2. The van der Waals surface area contributed by atoms with Crippen LogP contribution >= 0.6 is 0 Å². The molecule has 0 radical (unpaired) electrons. The molecule has 2 aromatic rings. The fourth-order valence-corrected chi connectivity index (χ4v) is 3.24. The van der Waals surface area contributed by atoms with E-state index in [4.69, 9.17) is 0 Å². The number of nitrogens with one attached hydrogen (secondary N) is 1. The van der Waals surface area contributed by atoms with Crippen molar-refractivity contribution in [1.82, 2.24) is 10.2 Å². The molecule has 2 atom stereocenters. The summed E-state index contributed by atoms with van der Waals surface area (Å²) in [5.41, 5.74) is 3.12. The predicted molar refractivity (Wildman–Crippen MR) is 114 cm³/mol. The molecule has 2 rings (SSSR count). The molecule has 0 aromatic heterocycles. The highest BCUT2D eigenvalue weighted by Crippen LogP contribution is 2.15. The molecule has 0 fully saturated rings. The summed E-state index contributed by atoms with van der Waals surface area (Å²) in [5, 5.41) is 3.04. The second-order valence-electron chi connectivity index (χ2n) is 7.41. The van der Waals surface area contributed by atoms with Gasteiger partial charge in [-0.1, -0.05) is 74.0 Å². The third-order valence-electron chi connectivity index (χ3n) is 5.02. The summed E-state index contributed by atoms with van der Waals surface area (Å²) in [7, 11) is 0. The molecule has 0 bridgehead atoms. The largest absolute Gasteiger partial charge is 0.352 e. The van der Waals surface area contributed by atoms with Gasteiger partial charge >= 0.3 is 0 Å². The molecule has 4 nitrogen and oxygen atoms in total. The highest BCUT2D eigenvalue weighted by Gasteiger charge is 2.29.